The van der Waals surface area contributed by atoms with Crippen molar-refractivity contribution in [3.8, 4) is 0 Å². The number of hydrogen-bond acceptors (Lipinski definition) is 5. The number of likely N-dealkylation sites (tertiary alicyclic amines) is 1. The SMILES string of the molecule is CC1CCN(C(=O)c2ccc(CSc3nc(Cl)cc(N4CCCC4)n3)cc2)CC1. The van der Waals surface area contributed by atoms with Crippen LogP contribution < -0.4 is 4.90 Å². The van der Waals surface area contributed by atoms with Gasteiger partial charge in [-0.25, -0.2) is 9.97 Å². The fourth-order valence-corrected chi connectivity index (χ4v) is 4.88. The molecule has 0 radical (unpaired) electrons. The van der Waals surface area contributed by atoms with Crippen LogP contribution in [0.4, 0.5) is 5.82 Å². The monoisotopic (exact) mass is 430 g/mol. The van der Waals surface area contributed by atoms with E-state index in [0.717, 1.165) is 67.6 Å². The third kappa shape index (κ3) is 5.23. The fourth-order valence-electron chi connectivity index (χ4n) is 3.84. The van der Waals surface area contributed by atoms with Crippen LogP contribution in [-0.4, -0.2) is 47.0 Å². The van der Waals surface area contributed by atoms with Crippen molar-refractivity contribution in [2.75, 3.05) is 31.1 Å². The highest BCUT2D eigenvalue weighted by Crippen LogP contribution is 2.26. The Bertz CT molecular complexity index is 846. The first-order valence-corrected chi connectivity index (χ1v) is 11.8. The average Bonchev–Trinajstić information content (AvgIpc) is 3.27. The molecule has 0 bridgehead atoms. The molecule has 5 nitrogen and oxygen atoms in total. The molecule has 29 heavy (non-hydrogen) atoms. The van der Waals surface area contributed by atoms with Gasteiger partial charge in [-0.15, -0.1) is 0 Å². The summed E-state index contributed by atoms with van der Waals surface area (Å²) in [4.78, 5) is 26.0. The Balaban J connectivity index is 1.36. The number of nitrogens with zero attached hydrogens (tertiary/aromatic N) is 4. The minimum absolute atomic E-state index is 0.143. The van der Waals surface area contributed by atoms with Gasteiger partial charge in [0.1, 0.15) is 11.0 Å². The smallest absolute Gasteiger partial charge is 0.253 e. The van der Waals surface area contributed by atoms with Crippen LogP contribution in [0.25, 0.3) is 0 Å². The number of aromatic nitrogens is 2. The third-order valence-corrected chi connectivity index (χ3v) is 6.84. The summed E-state index contributed by atoms with van der Waals surface area (Å²) in [5.41, 5.74) is 1.91. The molecule has 2 aliphatic rings. The molecule has 0 aliphatic carbocycles. The van der Waals surface area contributed by atoms with Crippen molar-refractivity contribution in [1.29, 1.82) is 0 Å². The molecular weight excluding hydrogens is 404 g/mol. The molecule has 154 valence electrons. The molecule has 1 aromatic heterocycles. The number of rotatable bonds is 5. The predicted molar refractivity (Wildman–Crippen MR) is 119 cm³/mol. The number of benzene rings is 1. The van der Waals surface area contributed by atoms with Gasteiger partial charge in [0.25, 0.3) is 5.91 Å². The summed E-state index contributed by atoms with van der Waals surface area (Å²) in [6.45, 7) is 6.05. The Morgan fingerprint density at radius 2 is 1.79 bits per heavy atom. The number of carbonyl (C=O) groups is 1. The lowest BCUT2D eigenvalue weighted by atomic mass is 9.98. The van der Waals surface area contributed by atoms with E-state index < -0.39 is 0 Å². The molecular formula is C22H27ClN4OS. The maximum absolute atomic E-state index is 12.7. The van der Waals surface area contributed by atoms with Crippen LogP contribution in [0.2, 0.25) is 5.15 Å². The molecule has 4 rings (SSSR count). The first kappa shape index (κ1) is 20.5. The van der Waals surface area contributed by atoms with Gasteiger partial charge in [-0.1, -0.05) is 42.4 Å². The highest BCUT2D eigenvalue weighted by atomic mass is 35.5. The van der Waals surface area contributed by atoms with Crippen molar-refractivity contribution in [3.05, 3.63) is 46.6 Å². The van der Waals surface area contributed by atoms with Gasteiger partial charge in [0, 0.05) is 43.6 Å². The van der Waals surface area contributed by atoms with E-state index in [4.69, 9.17) is 11.6 Å². The first-order chi connectivity index (χ1) is 14.1. The highest BCUT2D eigenvalue weighted by Gasteiger charge is 2.21. The molecule has 2 fully saturated rings. The predicted octanol–water partition coefficient (Wildman–Crippen LogP) is 4.89. The lowest BCUT2D eigenvalue weighted by Crippen LogP contribution is -2.37. The number of piperidine rings is 1. The quantitative estimate of drug-likeness (QED) is 0.383. The van der Waals surface area contributed by atoms with Crippen molar-refractivity contribution in [3.63, 3.8) is 0 Å². The second-order valence-corrected chi connectivity index (χ2v) is 9.32. The van der Waals surface area contributed by atoms with Gasteiger partial charge < -0.3 is 9.80 Å². The Morgan fingerprint density at radius 1 is 1.10 bits per heavy atom. The van der Waals surface area contributed by atoms with E-state index >= 15 is 0 Å². The summed E-state index contributed by atoms with van der Waals surface area (Å²) in [6, 6.07) is 9.77. The summed E-state index contributed by atoms with van der Waals surface area (Å²) >= 11 is 7.79. The van der Waals surface area contributed by atoms with E-state index in [1.54, 1.807) is 11.8 Å². The zero-order valence-electron chi connectivity index (χ0n) is 16.8. The maximum atomic E-state index is 12.7. The molecule has 2 aliphatic heterocycles. The highest BCUT2D eigenvalue weighted by molar-refractivity contribution is 7.98. The third-order valence-electron chi connectivity index (χ3n) is 5.73. The van der Waals surface area contributed by atoms with E-state index in [2.05, 4.69) is 21.8 Å². The average molecular weight is 431 g/mol. The van der Waals surface area contributed by atoms with Crippen molar-refractivity contribution >= 4 is 35.1 Å². The van der Waals surface area contributed by atoms with Crippen molar-refractivity contribution in [1.82, 2.24) is 14.9 Å². The second kappa shape index (κ2) is 9.35. The zero-order valence-corrected chi connectivity index (χ0v) is 18.4. The van der Waals surface area contributed by atoms with Crippen molar-refractivity contribution < 1.29 is 4.79 Å². The number of halogens is 1. The van der Waals surface area contributed by atoms with Crippen LogP contribution in [0.1, 0.15) is 48.5 Å². The molecule has 0 spiro atoms. The van der Waals surface area contributed by atoms with Crippen LogP contribution >= 0.6 is 23.4 Å². The number of anilines is 1. The Kier molecular flexibility index (Phi) is 6.60. The maximum Gasteiger partial charge on any atom is 0.253 e. The standard InChI is InChI=1S/C22H27ClN4OS/c1-16-8-12-27(13-9-16)21(28)18-6-4-17(5-7-18)15-29-22-24-19(23)14-20(25-22)26-10-2-3-11-26/h4-7,14,16H,2-3,8-13,15H2,1H3. The summed E-state index contributed by atoms with van der Waals surface area (Å²) < 4.78 is 0. The van der Waals surface area contributed by atoms with Crippen LogP contribution in [-0.2, 0) is 5.75 Å². The molecule has 3 heterocycles. The summed E-state index contributed by atoms with van der Waals surface area (Å²) in [5.74, 6) is 2.53. The van der Waals surface area contributed by atoms with Gasteiger partial charge in [-0.05, 0) is 49.3 Å². The van der Waals surface area contributed by atoms with Crippen molar-refractivity contribution in [2.45, 2.75) is 43.5 Å². The van der Waals surface area contributed by atoms with Crippen LogP contribution in [0, 0.1) is 5.92 Å². The van der Waals surface area contributed by atoms with Gasteiger partial charge in [-0.2, -0.15) is 0 Å². The number of carbonyl (C=O) groups excluding carboxylic acids is 1. The summed E-state index contributed by atoms with van der Waals surface area (Å²) in [5, 5.41) is 1.18. The summed E-state index contributed by atoms with van der Waals surface area (Å²) in [6.07, 6.45) is 4.59. The van der Waals surface area contributed by atoms with Gasteiger partial charge in [-0.3, -0.25) is 4.79 Å². The van der Waals surface area contributed by atoms with Crippen LogP contribution in [0.15, 0.2) is 35.5 Å². The normalized spacial score (nSPS) is 17.7. The Hall–Kier alpha value is -1.79. The van der Waals surface area contributed by atoms with Crippen molar-refractivity contribution in [2.24, 2.45) is 5.92 Å². The zero-order chi connectivity index (χ0) is 20.2. The van der Waals surface area contributed by atoms with Crippen LogP contribution in [0.3, 0.4) is 0 Å². The van der Waals surface area contributed by atoms with E-state index in [1.807, 2.05) is 35.2 Å². The van der Waals surface area contributed by atoms with Gasteiger partial charge in [0.05, 0.1) is 0 Å². The van der Waals surface area contributed by atoms with Crippen LogP contribution in [0.5, 0.6) is 0 Å². The number of thioether (sulfide) groups is 1. The Morgan fingerprint density at radius 3 is 2.48 bits per heavy atom. The molecule has 1 amide bonds. The molecule has 2 saturated heterocycles. The van der Waals surface area contributed by atoms with Gasteiger partial charge in [0.15, 0.2) is 5.16 Å². The molecule has 0 atom stereocenters. The largest absolute Gasteiger partial charge is 0.356 e. The molecule has 1 aromatic carbocycles. The van der Waals surface area contributed by atoms with E-state index in [9.17, 15) is 4.79 Å². The molecule has 0 unspecified atom stereocenters. The summed E-state index contributed by atoms with van der Waals surface area (Å²) in [7, 11) is 0. The van der Waals surface area contributed by atoms with Gasteiger partial charge >= 0.3 is 0 Å². The van der Waals surface area contributed by atoms with E-state index in [0.29, 0.717) is 10.3 Å². The number of hydrogen-bond donors (Lipinski definition) is 0. The second-order valence-electron chi connectivity index (χ2n) is 7.99. The molecule has 2 aromatic rings. The topological polar surface area (TPSA) is 49.3 Å². The van der Waals surface area contributed by atoms with Gasteiger partial charge in [0.2, 0.25) is 0 Å². The Labute approximate surface area is 181 Å². The van der Waals surface area contributed by atoms with E-state index in [1.165, 1.54) is 12.8 Å². The lowest BCUT2D eigenvalue weighted by Gasteiger charge is -2.30. The molecule has 0 N–H and O–H groups in total. The molecule has 0 saturated carbocycles. The number of amides is 1. The van der Waals surface area contributed by atoms with E-state index in [-0.39, 0.29) is 5.91 Å². The fraction of sp³-hybridized carbons (Fsp3) is 0.500. The minimum Gasteiger partial charge on any atom is -0.356 e. The lowest BCUT2D eigenvalue weighted by molar-refractivity contribution is 0.0697. The minimum atomic E-state index is 0.143. The molecule has 7 heteroatoms. The first-order valence-electron chi connectivity index (χ1n) is 10.4.